The SMILES string of the molecule is Cc1nn(-c2ccc(Cl)c(Cl)c2)c(NC(=O)c2cccnc2)c1C. The maximum atomic E-state index is 12.4. The van der Waals surface area contributed by atoms with Gasteiger partial charge in [0.15, 0.2) is 0 Å². The molecule has 3 aromatic rings. The number of aryl methyl sites for hydroxylation is 1. The molecule has 3 rings (SSSR count). The molecule has 0 aliphatic heterocycles. The number of amides is 1. The Morgan fingerprint density at radius 3 is 2.62 bits per heavy atom. The van der Waals surface area contributed by atoms with Crippen molar-refractivity contribution in [3.05, 3.63) is 69.6 Å². The molecule has 0 unspecified atom stereocenters. The lowest BCUT2D eigenvalue weighted by Gasteiger charge is -2.11. The third-order valence-electron chi connectivity index (χ3n) is 3.66. The summed E-state index contributed by atoms with van der Waals surface area (Å²) in [4.78, 5) is 16.4. The minimum atomic E-state index is -0.257. The van der Waals surface area contributed by atoms with Gasteiger partial charge in [0.2, 0.25) is 0 Å². The molecule has 0 spiro atoms. The Kier molecular flexibility index (Phi) is 4.55. The highest BCUT2D eigenvalue weighted by Gasteiger charge is 2.17. The highest BCUT2D eigenvalue weighted by Crippen LogP contribution is 2.28. The number of nitrogens with zero attached hydrogens (tertiary/aromatic N) is 3. The van der Waals surface area contributed by atoms with Gasteiger partial charge in [0.05, 0.1) is 27.0 Å². The quantitative estimate of drug-likeness (QED) is 0.750. The first-order chi connectivity index (χ1) is 11.5. The van der Waals surface area contributed by atoms with E-state index in [1.165, 1.54) is 6.20 Å². The molecule has 0 atom stereocenters. The van der Waals surface area contributed by atoms with E-state index in [0.717, 1.165) is 11.3 Å². The third-order valence-corrected chi connectivity index (χ3v) is 4.40. The highest BCUT2D eigenvalue weighted by atomic mass is 35.5. The van der Waals surface area contributed by atoms with Crippen molar-refractivity contribution in [1.82, 2.24) is 14.8 Å². The van der Waals surface area contributed by atoms with Gasteiger partial charge in [-0.05, 0) is 44.2 Å². The van der Waals surface area contributed by atoms with E-state index in [1.54, 1.807) is 41.2 Å². The van der Waals surface area contributed by atoms with Crippen LogP contribution < -0.4 is 5.32 Å². The van der Waals surface area contributed by atoms with Crippen molar-refractivity contribution < 1.29 is 4.79 Å². The number of carbonyl (C=O) groups excluding carboxylic acids is 1. The van der Waals surface area contributed by atoms with Crippen molar-refractivity contribution in [1.29, 1.82) is 0 Å². The average Bonchev–Trinajstić information content (AvgIpc) is 2.86. The number of pyridine rings is 1. The fraction of sp³-hybridized carbons (Fsp3) is 0.118. The molecule has 7 heteroatoms. The molecule has 0 radical (unpaired) electrons. The minimum absolute atomic E-state index is 0.257. The number of benzene rings is 1. The van der Waals surface area contributed by atoms with Crippen LogP contribution in [-0.2, 0) is 0 Å². The number of anilines is 1. The van der Waals surface area contributed by atoms with E-state index in [1.807, 2.05) is 13.8 Å². The molecule has 0 fully saturated rings. The number of rotatable bonds is 3. The second-order valence-electron chi connectivity index (χ2n) is 5.27. The van der Waals surface area contributed by atoms with Gasteiger partial charge in [-0.3, -0.25) is 9.78 Å². The summed E-state index contributed by atoms with van der Waals surface area (Å²) in [5.41, 5.74) is 2.86. The Bertz CT molecular complexity index is 906. The summed E-state index contributed by atoms with van der Waals surface area (Å²) in [5, 5.41) is 8.26. The van der Waals surface area contributed by atoms with Crippen LogP contribution in [0, 0.1) is 13.8 Å². The van der Waals surface area contributed by atoms with Crippen molar-refractivity contribution in [3.63, 3.8) is 0 Å². The van der Waals surface area contributed by atoms with Crippen LogP contribution in [0.3, 0.4) is 0 Å². The second kappa shape index (κ2) is 6.63. The van der Waals surface area contributed by atoms with Crippen molar-refractivity contribution in [2.75, 3.05) is 5.32 Å². The first-order valence-electron chi connectivity index (χ1n) is 7.20. The Balaban J connectivity index is 2.02. The summed E-state index contributed by atoms with van der Waals surface area (Å²) in [5.74, 6) is 0.326. The van der Waals surface area contributed by atoms with Gasteiger partial charge in [0.1, 0.15) is 5.82 Å². The van der Waals surface area contributed by atoms with Gasteiger partial charge < -0.3 is 5.32 Å². The van der Waals surface area contributed by atoms with Gasteiger partial charge in [-0.1, -0.05) is 23.2 Å². The van der Waals surface area contributed by atoms with Gasteiger partial charge in [0, 0.05) is 18.0 Å². The standard InChI is InChI=1S/C17H14Cl2N4O/c1-10-11(2)22-23(13-5-6-14(18)15(19)8-13)16(10)21-17(24)12-4-3-7-20-9-12/h3-9H,1-2H3,(H,21,24). The van der Waals surface area contributed by atoms with Gasteiger partial charge in [0.25, 0.3) is 5.91 Å². The van der Waals surface area contributed by atoms with Crippen LogP contribution in [-0.4, -0.2) is 20.7 Å². The maximum Gasteiger partial charge on any atom is 0.258 e. The third kappa shape index (κ3) is 3.13. The predicted octanol–water partition coefficient (Wildman–Crippen LogP) is 4.44. The topological polar surface area (TPSA) is 59.8 Å². The molecule has 24 heavy (non-hydrogen) atoms. The molecule has 1 amide bonds. The molecule has 1 aromatic carbocycles. The summed E-state index contributed by atoms with van der Waals surface area (Å²) in [6, 6.07) is 8.60. The normalized spacial score (nSPS) is 10.7. The van der Waals surface area contributed by atoms with E-state index >= 15 is 0 Å². The number of aromatic nitrogens is 3. The van der Waals surface area contributed by atoms with Crippen molar-refractivity contribution in [3.8, 4) is 5.69 Å². The van der Waals surface area contributed by atoms with Crippen molar-refractivity contribution in [2.24, 2.45) is 0 Å². The van der Waals surface area contributed by atoms with Gasteiger partial charge in [-0.2, -0.15) is 5.10 Å². The Hall–Kier alpha value is -2.37. The molecule has 0 aliphatic rings. The number of hydrogen-bond donors (Lipinski definition) is 1. The van der Waals surface area contributed by atoms with Gasteiger partial charge in [-0.15, -0.1) is 0 Å². The molecular formula is C17H14Cl2N4O. The molecular weight excluding hydrogens is 347 g/mol. The zero-order valence-electron chi connectivity index (χ0n) is 13.0. The van der Waals surface area contributed by atoms with Crippen LogP contribution >= 0.6 is 23.2 Å². The summed E-state index contributed by atoms with van der Waals surface area (Å²) < 4.78 is 1.64. The Labute approximate surface area is 149 Å². The van der Waals surface area contributed by atoms with E-state index in [-0.39, 0.29) is 5.91 Å². The van der Waals surface area contributed by atoms with Crippen LogP contribution in [0.2, 0.25) is 10.0 Å². The first kappa shape index (κ1) is 16.5. The van der Waals surface area contributed by atoms with Crippen molar-refractivity contribution in [2.45, 2.75) is 13.8 Å². The molecule has 122 valence electrons. The number of hydrogen-bond acceptors (Lipinski definition) is 3. The number of halogens is 2. The second-order valence-corrected chi connectivity index (χ2v) is 6.08. The molecule has 2 heterocycles. The smallest absolute Gasteiger partial charge is 0.258 e. The summed E-state index contributed by atoms with van der Waals surface area (Å²) >= 11 is 12.1. The molecule has 0 bridgehead atoms. The summed E-state index contributed by atoms with van der Waals surface area (Å²) in [6.07, 6.45) is 3.13. The van der Waals surface area contributed by atoms with E-state index in [2.05, 4.69) is 15.4 Å². The van der Waals surface area contributed by atoms with Crippen LogP contribution in [0.5, 0.6) is 0 Å². The number of carbonyl (C=O) groups is 1. The lowest BCUT2D eigenvalue weighted by molar-refractivity contribution is 0.102. The Morgan fingerprint density at radius 2 is 1.96 bits per heavy atom. The van der Waals surface area contributed by atoms with Gasteiger partial charge >= 0.3 is 0 Å². The van der Waals surface area contributed by atoms with Gasteiger partial charge in [-0.25, -0.2) is 4.68 Å². The van der Waals surface area contributed by atoms with Crippen LogP contribution in [0.1, 0.15) is 21.6 Å². The monoisotopic (exact) mass is 360 g/mol. The first-order valence-corrected chi connectivity index (χ1v) is 7.96. The maximum absolute atomic E-state index is 12.4. The fourth-order valence-corrected chi connectivity index (χ4v) is 2.52. The molecule has 0 saturated carbocycles. The molecule has 2 aromatic heterocycles. The summed E-state index contributed by atoms with van der Waals surface area (Å²) in [7, 11) is 0. The van der Waals surface area contributed by atoms with Crippen LogP contribution in [0.15, 0.2) is 42.7 Å². The molecule has 0 saturated heterocycles. The Morgan fingerprint density at radius 1 is 1.17 bits per heavy atom. The average molecular weight is 361 g/mol. The van der Waals surface area contributed by atoms with E-state index < -0.39 is 0 Å². The van der Waals surface area contributed by atoms with E-state index in [4.69, 9.17) is 23.2 Å². The van der Waals surface area contributed by atoms with E-state index in [0.29, 0.717) is 27.1 Å². The lowest BCUT2D eigenvalue weighted by atomic mass is 10.2. The lowest BCUT2D eigenvalue weighted by Crippen LogP contribution is -2.16. The van der Waals surface area contributed by atoms with Crippen LogP contribution in [0.25, 0.3) is 5.69 Å². The molecule has 1 N–H and O–H groups in total. The zero-order chi connectivity index (χ0) is 17.3. The summed E-state index contributed by atoms with van der Waals surface area (Å²) in [6.45, 7) is 3.78. The zero-order valence-corrected chi connectivity index (χ0v) is 14.6. The number of nitrogens with one attached hydrogen (secondary N) is 1. The van der Waals surface area contributed by atoms with Crippen LogP contribution in [0.4, 0.5) is 5.82 Å². The molecule has 5 nitrogen and oxygen atoms in total. The predicted molar refractivity (Wildman–Crippen MR) is 95.2 cm³/mol. The van der Waals surface area contributed by atoms with Crippen molar-refractivity contribution >= 4 is 34.9 Å². The minimum Gasteiger partial charge on any atom is -0.306 e. The molecule has 0 aliphatic carbocycles. The fourth-order valence-electron chi connectivity index (χ4n) is 2.23. The largest absolute Gasteiger partial charge is 0.306 e. The van der Waals surface area contributed by atoms with E-state index in [9.17, 15) is 4.79 Å². The highest BCUT2D eigenvalue weighted by molar-refractivity contribution is 6.42.